The van der Waals surface area contributed by atoms with Gasteiger partial charge in [-0.1, -0.05) is 17.8 Å². The van der Waals surface area contributed by atoms with Crippen LogP contribution in [-0.4, -0.2) is 20.4 Å². The van der Waals surface area contributed by atoms with E-state index in [2.05, 4.69) is 4.98 Å². The van der Waals surface area contributed by atoms with Gasteiger partial charge in [-0.05, 0) is 31.3 Å². The van der Waals surface area contributed by atoms with Gasteiger partial charge in [0.05, 0.1) is 12.3 Å². The summed E-state index contributed by atoms with van der Waals surface area (Å²) in [6, 6.07) is 6.98. The van der Waals surface area contributed by atoms with Gasteiger partial charge >= 0.3 is 0 Å². The Labute approximate surface area is 114 Å². The summed E-state index contributed by atoms with van der Waals surface area (Å²) in [5.41, 5.74) is 1.26. The minimum Gasteiger partial charge on any atom is -0.479 e. The first-order valence-corrected chi connectivity index (χ1v) is 6.87. The lowest BCUT2D eigenvalue weighted by Gasteiger charge is -2.05. The van der Waals surface area contributed by atoms with Crippen LogP contribution < -0.4 is 5.56 Å². The Kier molecular flexibility index (Phi) is 4.33. The molecule has 0 radical (unpaired) electrons. The van der Waals surface area contributed by atoms with Gasteiger partial charge in [-0.15, -0.1) is 0 Å². The summed E-state index contributed by atoms with van der Waals surface area (Å²) in [5, 5.41) is 0. The quantitative estimate of drug-likeness (QED) is 0.807. The fourth-order valence-electron chi connectivity index (χ4n) is 1.47. The fourth-order valence-corrected chi connectivity index (χ4v) is 2.38. The lowest BCUT2D eigenvalue weighted by molar-refractivity contribution is 0.346. The second kappa shape index (κ2) is 5.97. The van der Waals surface area contributed by atoms with Gasteiger partial charge in [0.1, 0.15) is 5.65 Å². The molecule has 0 spiro atoms. The molecule has 4 nitrogen and oxygen atoms in total. The van der Waals surface area contributed by atoms with Gasteiger partial charge in [-0.3, -0.25) is 9.20 Å². The van der Waals surface area contributed by atoms with Crippen molar-refractivity contribution >= 4 is 34.0 Å². The summed E-state index contributed by atoms with van der Waals surface area (Å²) in [4.78, 5) is 16.2. The maximum absolute atomic E-state index is 11.8. The molecule has 0 fully saturated rings. The summed E-state index contributed by atoms with van der Waals surface area (Å²) in [7, 11) is 0. The van der Waals surface area contributed by atoms with Crippen LogP contribution in [0.4, 0.5) is 0 Å². The highest BCUT2D eigenvalue weighted by atomic mass is 32.2. The van der Waals surface area contributed by atoms with Crippen LogP contribution in [0.1, 0.15) is 12.6 Å². The minimum absolute atomic E-state index is 0.0847. The van der Waals surface area contributed by atoms with Gasteiger partial charge in [0.15, 0.2) is 0 Å². The number of hydrogen-bond donors (Lipinski definition) is 0. The molecule has 6 heteroatoms. The van der Waals surface area contributed by atoms with E-state index in [0.717, 1.165) is 0 Å². The molecule has 18 heavy (non-hydrogen) atoms. The van der Waals surface area contributed by atoms with Crippen molar-refractivity contribution in [3.8, 4) is 0 Å². The number of nitrogens with zero attached hydrogens (tertiary/aromatic N) is 2. The van der Waals surface area contributed by atoms with E-state index < -0.39 is 0 Å². The Hall–Kier alpha value is -1.40. The lowest BCUT2D eigenvalue weighted by Crippen LogP contribution is -2.14. The van der Waals surface area contributed by atoms with E-state index in [0.29, 0.717) is 28.1 Å². The zero-order valence-corrected chi connectivity index (χ0v) is 11.5. The SMILES string of the molecule is CCOC(=S)SCc1cc(=O)n2ccccc2n1. The van der Waals surface area contributed by atoms with Crippen LogP contribution in [0.2, 0.25) is 0 Å². The molecule has 0 aliphatic heterocycles. The molecule has 0 bridgehead atoms. The Morgan fingerprint density at radius 3 is 3.17 bits per heavy atom. The lowest BCUT2D eigenvalue weighted by atomic mass is 10.4. The van der Waals surface area contributed by atoms with E-state index in [1.807, 2.05) is 13.0 Å². The molecule has 0 amide bonds. The molecule has 0 N–H and O–H groups in total. The molecule has 0 saturated carbocycles. The number of fused-ring (bicyclic) bond motifs is 1. The highest BCUT2D eigenvalue weighted by Gasteiger charge is 2.04. The van der Waals surface area contributed by atoms with E-state index in [1.54, 1.807) is 18.3 Å². The predicted molar refractivity (Wildman–Crippen MR) is 77.0 cm³/mol. The number of hydrogen-bond acceptors (Lipinski definition) is 5. The van der Waals surface area contributed by atoms with E-state index >= 15 is 0 Å². The Balaban J connectivity index is 2.20. The average molecular weight is 280 g/mol. The van der Waals surface area contributed by atoms with Crippen molar-refractivity contribution < 1.29 is 4.74 Å². The largest absolute Gasteiger partial charge is 0.479 e. The van der Waals surface area contributed by atoms with Crippen LogP contribution in [0.25, 0.3) is 5.65 Å². The van der Waals surface area contributed by atoms with Gasteiger partial charge in [-0.2, -0.15) is 0 Å². The number of ether oxygens (including phenoxy) is 1. The summed E-state index contributed by atoms with van der Waals surface area (Å²) >= 11 is 6.38. The van der Waals surface area contributed by atoms with Crippen molar-refractivity contribution in [2.45, 2.75) is 12.7 Å². The highest BCUT2D eigenvalue weighted by Crippen LogP contribution is 2.12. The van der Waals surface area contributed by atoms with Crippen LogP contribution in [0, 0.1) is 0 Å². The third kappa shape index (κ3) is 3.08. The summed E-state index contributed by atoms with van der Waals surface area (Å²) in [5.74, 6) is 0.541. The minimum atomic E-state index is -0.0847. The van der Waals surface area contributed by atoms with Crippen LogP contribution in [0.3, 0.4) is 0 Å². The van der Waals surface area contributed by atoms with E-state index in [1.165, 1.54) is 22.2 Å². The smallest absolute Gasteiger partial charge is 0.258 e. The van der Waals surface area contributed by atoms with Gasteiger partial charge in [0, 0.05) is 18.0 Å². The monoisotopic (exact) mass is 280 g/mol. The second-order valence-corrected chi connectivity index (χ2v) is 5.06. The highest BCUT2D eigenvalue weighted by molar-refractivity contribution is 8.22. The molecule has 2 rings (SSSR count). The normalized spacial score (nSPS) is 10.5. The van der Waals surface area contributed by atoms with Crippen LogP contribution in [0.5, 0.6) is 0 Å². The van der Waals surface area contributed by atoms with Crippen LogP contribution in [-0.2, 0) is 10.5 Å². The van der Waals surface area contributed by atoms with Gasteiger partial charge in [-0.25, -0.2) is 4.98 Å². The maximum Gasteiger partial charge on any atom is 0.258 e. The van der Waals surface area contributed by atoms with Gasteiger partial charge < -0.3 is 4.74 Å². The molecule has 0 atom stereocenters. The fraction of sp³-hybridized carbons (Fsp3) is 0.250. The third-order valence-corrected chi connectivity index (χ3v) is 3.49. The molecular weight excluding hydrogens is 268 g/mol. The molecule has 0 aliphatic carbocycles. The molecular formula is C12H12N2O2S2. The molecule has 94 valence electrons. The standard InChI is InChI=1S/C12H12N2O2S2/c1-2-16-12(17)18-8-9-7-11(15)14-6-4-3-5-10(14)13-9/h3-7H,2,8H2,1H3. The molecule has 2 aromatic heterocycles. The molecule has 2 aromatic rings. The average Bonchev–Trinajstić information content (AvgIpc) is 2.37. The molecule has 2 heterocycles. The zero-order chi connectivity index (χ0) is 13.0. The number of aromatic nitrogens is 2. The summed E-state index contributed by atoms with van der Waals surface area (Å²) < 4.78 is 7.15. The van der Waals surface area contributed by atoms with Gasteiger partial charge in [0.2, 0.25) is 4.38 Å². The summed E-state index contributed by atoms with van der Waals surface area (Å²) in [6.45, 7) is 2.44. The van der Waals surface area contributed by atoms with Gasteiger partial charge in [0.25, 0.3) is 5.56 Å². The first-order chi connectivity index (χ1) is 8.70. The molecule has 0 saturated heterocycles. The Morgan fingerprint density at radius 1 is 1.56 bits per heavy atom. The number of thiocarbonyl (C=S) groups is 1. The second-order valence-electron chi connectivity index (χ2n) is 3.49. The van der Waals surface area contributed by atoms with Crippen molar-refractivity contribution in [2.24, 2.45) is 0 Å². The first kappa shape index (κ1) is 13.0. The first-order valence-electron chi connectivity index (χ1n) is 5.47. The van der Waals surface area contributed by atoms with E-state index in [4.69, 9.17) is 17.0 Å². The van der Waals surface area contributed by atoms with Crippen LogP contribution in [0.15, 0.2) is 35.3 Å². The summed E-state index contributed by atoms with van der Waals surface area (Å²) in [6.07, 6.45) is 1.70. The predicted octanol–water partition coefficient (Wildman–Crippen LogP) is 2.25. The number of thioether (sulfide) groups is 1. The van der Waals surface area contributed by atoms with Crippen molar-refractivity contribution in [3.63, 3.8) is 0 Å². The Morgan fingerprint density at radius 2 is 2.39 bits per heavy atom. The maximum atomic E-state index is 11.8. The van der Waals surface area contributed by atoms with E-state index in [-0.39, 0.29) is 5.56 Å². The van der Waals surface area contributed by atoms with E-state index in [9.17, 15) is 4.79 Å². The van der Waals surface area contributed by atoms with Crippen molar-refractivity contribution in [1.82, 2.24) is 9.38 Å². The number of pyridine rings is 1. The zero-order valence-electron chi connectivity index (χ0n) is 9.83. The third-order valence-electron chi connectivity index (χ3n) is 2.22. The van der Waals surface area contributed by atoms with Crippen LogP contribution >= 0.6 is 24.0 Å². The Bertz CT molecular complexity index is 625. The molecule has 0 aliphatic rings. The molecule has 0 aromatic carbocycles. The molecule has 0 unspecified atom stereocenters. The van der Waals surface area contributed by atoms with Crippen molar-refractivity contribution in [2.75, 3.05) is 6.61 Å². The number of rotatable bonds is 3. The van der Waals surface area contributed by atoms with Crippen molar-refractivity contribution in [1.29, 1.82) is 0 Å². The van der Waals surface area contributed by atoms with Crippen molar-refractivity contribution in [3.05, 3.63) is 46.5 Å². The topological polar surface area (TPSA) is 43.6 Å².